The molecule has 0 atom stereocenters. The maximum atomic E-state index is 12.7. The van der Waals surface area contributed by atoms with Gasteiger partial charge in [-0.2, -0.15) is 0 Å². The average molecular weight is 353 g/mol. The summed E-state index contributed by atoms with van der Waals surface area (Å²) in [6.45, 7) is 5.71. The third kappa shape index (κ3) is 4.44. The van der Waals surface area contributed by atoms with Crippen LogP contribution in [0.4, 0.5) is 0 Å². The molecule has 0 spiro atoms. The number of carbonyl (C=O) groups excluding carboxylic acids is 1. The molecule has 1 heterocycles. The molecule has 0 aliphatic carbocycles. The molecule has 2 aromatic rings. The van der Waals surface area contributed by atoms with Gasteiger partial charge in [-0.25, -0.2) is 0 Å². The van der Waals surface area contributed by atoms with Crippen molar-refractivity contribution in [2.45, 2.75) is 33.1 Å². The Morgan fingerprint density at radius 3 is 2.42 bits per heavy atom. The summed E-state index contributed by atoms with van der Waals surface area (Å²) in [6, 6.07) is 15.6. The molecular weight excluding hydrogens is 326 g/mol. The van der Waals surface area contributed by atoms with Gasteiger partial charge in [-0.05, 0) is 43.4 Å². The number of aryl methyl sites for hydroxylation is 1. The van der Waals surface area contributed by atoms with Gasteiger partial charge in [0.1, 0.15) is 11.5 Å². The summed E-state index contributed by atoms with van der Waals surface area (Å²) in [5.74, 6) is 1.61. The molecule has 1 saturated heterocycles. The minimum Gasteiger partial charge on any atom is -0.457 e. The quantitative estimate of drug-likeness (QED) is 0.885. The van der Waals surface area contributed by atoms with Crippen LogP contribution in [0.5, 0.6) is 11.5 Å². The Morgan fingerprint density at radius 2 is 1.77 bits per heavy atom. The first-order chi connectivity index (χ1) is 12.5. The van der Waals surface area contributed by atoms with Gasteiger partial charge in [0.05, 0.1) is 6.42 Å². The van der Waals surface area contributed by atoms with Gasteiger partial charge in [0, 0.05) is 25.3 Å². The monoisotopic (exact) mass is 353 g/mol. The fraction of sp³-hybridized carbons (Fsp3) is 0.409. The number of aliphatic hydroxyl groups excluding tert-OH is 1. The van der Waals surface area contributed by atoms with Crippen molar-refractivity contribution in [3.8, 4) is 11.5 Å². The van der Waals surface area contributed by atoms with Crippen LogP contribution in [0.3, 0.4) is 0 Å². The van der Waals surface area contributed by atoms with Crippen molar-refractivity contribution >= 4 is 5.91 Å². The van der Waals surface area contributed by atoms with Gasteiger partial charge in [-0.1, -0.05) is 42.8 Å². The number of ether oxygens (including phenoxy) is 1. The zero-order valence-corrected chi connectivity index (χ0v) is 15.6. The number of amides is 1. The Morgan fingerprint density at radius 1 is 1.12 bits per heavy atom. The fourth-order valence-corrected chi connectivity index (χ4v) is 3.21. The third-order valence-corrected chi connectivity index (χ3v) is 5.27. The molecule has 4 nitrogen and oxygen atoms in total. The Balaban J connectivity index is 1.66. The second-order valence-corrected chi connectivity index (χ2v) is 7.55. The number of nitrogens with zero attached hydrogens (tertiary/aromatic N) is 1. The van der Waals surface area contributed by atoms with Crippen LogP contribution >= 0.6 is 0 Å². The second kappa shape index (κ2) is 7.92. The maximum absolute atomic E-state index is 12.7. The smallest absolute Gasteiger partial charge is 0.227 e. The number of carbonyl (C=O) groups is 1. The standard InChI is InChI=1S/C22H27NO3/c1-17-7-9-19(10-8-17)26-20-6-4-3-5-18(20)15-21(25)23-13-11-22(2,16-24)12-14-23/h3-10,24H,11-16H2,1-2H3. The summed E-state index contributed by atoms with van der Waals surface area (Å²) in [4.78, 5) is 14.6. The molecular formula is C22H27NO3. The molecule has 0 saturated carbocycles. The van der Waals surface area contributed by atoms with Gasteiger partial charge in [0.15, 0.2) is 0 Å². The predicted molar refractivity (Wildman–Crippen MR) is 102 cm³/mol. The number of hydrogen-bond donors (Lipinski definition) is 1. The number of para-hydroxylation sites is 1. The van der Waals surface area contributed by atoms with E-state index in [1.165, 1.54) is 5.56 Å². The zero-order valence-electron chi connectivity index (χ0n) is 15.6. The molecule has 0 aromatic heterocycles. The van der Waals surface area contributed by atoms with Crippen LogP contribution in [0.25, 0.3) is 0 Å². The second-order valence-electron chi connectivity index (χ2n) is 7.55. The zero-order chi connectivity index (χ0) is 18.6. The molecule has 1 N–H and O–H groups in total. The molecule has 26 heavy (non-hydrogen) atoms. The first kappa shape index (κ1) is 18.5. The van der Waals surface area contributed by atoms with E-state index in [1.807, 2.05) is 60.4 Å². The molecule has 0 unspecified atom stereocenters. The lowest BCUT2D eigenvalue weighted by molar-refractivity contribution is -0.133. The molecule has 1 aliphatic rings. The fourth-order valence-electron chi connectivity index (χ4n) is 3.21. The summed E-state index contributed by atoms with van der Waals surface area (Å²) in [7, 11) is 0. The van der Waals surface area contributed by atoms with E-state index in [2.05, 4.69) is 6.92 Å². The summed E-state index contributed by atoms with van der Waals surface area (Å²) < 4.78 is 6.00. The highest BCUT2D eigenvalue weighted by Gasteiger charge is 2.31. The van der Waals surface area contributed by atoms with Crippen LogP contribution in [-0.4, -0.2) is 35.6 Å². The molecule has 1 aliphatic heterocycles. The van der Waals surface area contributed by atoms with Crippen LogP contribution in [0.2, 0.25) is 0 Å². The van der Waals surface area contributed by atoms with Crippen LogP contribution in [-0.2, 0) is 11.2 Å². The van der Waals surface area contributed by atoms with Gasteiger partial charge < -0.3 is 14.7 Å². The lowest BCUT2D eigenvalue weighted by Crippen LogP contribution is -2.44. The van der Waals surface area contributed by atoms with Gasteiger partial charge in [0.25, 0.3) is 0 Å². The lowest BCUT2D eigenvalue weighted by atomic mass is 9.81. The van der Waals surface area contributed by atoms with Gasteiger partial charge in [-0.15, -0.1) is 0 Å². The average Bonchev–Trinajstić information content (AvgIpc) is 2.65. The van der Waals surface area contributed by atoms with Crippen molar-refractivity contribution in [1.82, 2.24) is 4.90 Å². The molecule has 138 valence electrons. The van der Waals surface area contributed by atoms with Crippen LogP contribution in [0, 0.1) is 12.3 Å². The van der Waals surface area contributed by atoms with E-state index in [0.29, 0.717) is 19.5 Å². The van der Waals surface area contributed by atoms with Crippen molar-refractivity contribution in [3.63, 3.8) is 0 Å². The topological polar surface area (TPSA) is 49.8 Å². The van der Waals surface area contributed by atoms with Crippen molar-refractivity contribution in [2.75, 3.05) is 19.7 Å². The summed E-state index contributed by atoms with van der Waals surface area (Å²) in [5.41, 5.74) is 2.03. The lowest BCUT2D eigenvalue weighted by Gasteiger charge is -2.38. The number of aliphatic hydroxyl groups is 1. The van der Waals surface area contributed by atoms with E-state index in [9.17, 15) is 9.90 Å². The minimum absolute atomic E-state index is 0.0523. The normalized spacial score (nSPS) is 16.3. The van der Waals surface area contributed by atoms with E-state index < -0.39 is 0 Å². The van der Waals surface area contributed by atoms with Crippen molar-refractivity contribution < 1.29 is 14.6 Å². The first-order valence-electron chi connectivity index (χ1n) is 9.20. The van der Waals surface area contributed by atoms with Crippen LogP contribution in [0.1, 0.15) is 30.9 Å². The predicted octanol–water partition coefficient (Wildman–Crippen LogP) is 3.95. The Labute approximate surface area is 155 Å². The number of benzene rings is 2. The van der Waals surface area contributed by atoms with Crippen LogP contribution < -0.4 is 4.74 Å². The van der Waals surface area contributed by atoms with E-state index in [4.69, 9.17) is 4.74 Å². The Kier molecular flexibility index (Phi) is 5.62. The molecule has 1 fully saturated rings. The Bertz CT molecular complexity index is 746. The summed E-state index contributed by atoms with van der Waals surface area (Å²) >= 11 is 0. The third-order valence-electron chi connectivity index (χ3n) is 5.27. The molecule has 2 aromatic carbocycles. The van der Waals surface area contributed by atoms with Crippen molar-refractivity contribution in [2.24, 2.45) is 5.41 Å². The molecule has 0 radical (unpaired) electrons. The van der Waals surface area contributed by atoms with Crippen LogP contribution in [0.15, 0.2) is 48.5 Å². The minimum atomic E-state index is -0.0523. The van der Waals surface area contributed by atoms with Gasteiger partial charge in [-0.3, -0.25) is 4.79 Å². The summed E-state index contributed by atoms with van der Waals surface area (Å²) in [6.07, 6.45) is 2.02. The molecule has 1 amide bonds. The number of rotatable bonds is 5. The van der Waals surface area contributed by atoms with Gasteiger partial charge in [0.2, 0.25) is 5.91 Å². The molecule has 3 rings (SSSR count). The first-order valence-corrected chi connectivity index (χ1v) is 9.20. The van der Waals surface area contributed by atoms with Crippen molar-refractivity contribution in [3.05, 3.63) is 59.7 Å². The Hall–Kier alpha value is -2.33. The highest BCUT2D eigenvalue weighted by Crippen LogP contribution is 2.31. The maximum Gasteiger partial charge on any atom is 0.227 e. The highest BCUT2D eigenvalue weighted by molar-refractivity contribution is 5.79. The largest absolute Gasteiger partial charge is 0.457 e. The SMILES string of the molecule is Cc1ccc(Oc2ccccc2CC(=O)N2CCC(C)(CO)CC2)cc1. The molecule has 4 heteroatoms. The van der Waals surface area contributed by atoms with Crippen molar-refractivity contribution in [1.29, 1.82) is 0 Å². The van der Waals surface area contributed by atoms with E-state index in [1.54, 1.807) is 0 Å². The number of hydrogen-bond acceptors (Lipinski definition) is 3. The summed E-state index contributed by atoms with van der Waals surface area (Å²) in [5, 5.41) is 9.48. The van der Waals surface area contributed by atoms with E-state index in [0.717, 1.165) is 29.9 Å². The van der Waals surface area contributed by atoms with E-state index >= 15 is 0 Å². The number of likely N-dealkylation sites (tertiary alicyclic amines) is 1. The molecule has 0 bridgehead atoms. The van der Waals surface area contributed by atoms with E-state index in [-0.39, 0.29) is 17.9 Å². The highest BCUT2D eigenvalue weighted by atomic mass is 16.5. The van der Waals surface area contributed by atoms with Gasteiger partial charge >= 0.3 is 0 Å². The number of piperidine rings is 1.